The molecule has 2 heterocycles. The van der Waals surface area contributed by atoms with Gasteiger partial charge in [0.2, 0.25) is 0 Å². The number of amides is 1. The standard InChI is InChI=1S/C12H15N3O5/c1-13-9(4-5-10(13)15(19)20)11(16)14-6-2-3-8(7-14)12(17)18/h4-5,8H,2-3,6-7H2,1H3,(H,17,18)/t8-/m0/s1. The third-order valence-electron chi connectivity index (χ3n) is 3.56. The van der Waals surface area contributed by atoms with Crippen molar-refractivity contribution in [2.24, 2.45) is 13.0 Å². The second kappa shape index (κ2) is 5.32. The van der Waals surface area contributed by atoms with E-state index in [4.69, 9.17) is 5.11 Å². The van der Waals surface area contributed by atoms with E-state index in [2.05, 4.69) is 0 Å². The van der Waals surface area contributed by atoms with Crippen LogP contribution in [-0.2, 0) is 11.8 Å². The Morgan fingerprint density at radius 3 is 2.70 bits per heavy atom. The monoisotopic (exact) mass is 281 g/mol. The van der Waals surface area contributed by atoms with Crippen molar-refractivity contribution < 1.29 is 19.6 Å². The van der Waals surface area contributed by atoms with Crippen LogP contribution in [-0.4, -0.2) is 44.5 Å². The maximum absolute atomic E-state index is 12.3. The lowest BCUT2D eigenvalue weighted by atomic mass is 9.98. The average Bonchev–Trinajstić information content (AvgIpc) is 2.80. The number of hydrogen-bond acceptors (Lipinski definition) is 4. The topological polar surface area (TPSA) is 106 Å². The van der Waals surface area contributed by atoms with Crippen LogP contribution < -0.4 is 0 Å². The molecule has 0 aromatic carbocycles. The number of carbonyl (C=O) groups is 2. The van der Waals surface area contributed by atoms with Crippen LogP contribution in [0.15, 0.2) is 12.1 Å². The van der Waals surface area contributed by atoms with Gasteiger partial charge in [-0.05, 0) is 23.8 Å². The predicted octanol–water partition coefficient (Wildman–Crippen LogP) is 0.870. The van der Waals surface area contributed by atoms with Gasteiger partial charge in [0.05, 0.1) is 13.0 Å². The third-order valence-corrected chi connectivity index (χ3v) is 3.56. The molecule has 1 aromatic rings. The first kappa shape index (κ1) is 14.0. The Morgan fingerprint density at radius 1 is 1.45 bits per heavy atom. The predicted molar refractivity (Wildman–Crippen MR) is 68.3 cm³/mol. The van der Waals surface area contributed by atoms with Crippen molar-refractivity contribution in [1.29, 1.82) is 0 Å². The molecule has 0 aliphatic carbocycles. The van der Waals surface area contributed by atoms with Gasteiger partial charge in [-0.15, -0.1) is 0 Å². The van der Waals surface area contributed by atoms with E-state index in [0.29, 0.717) is 19.4 Å². The fraction of sp³-hybridized carbons (Fsp3) is 0.500. The van der Waals surface area contributed by atoms with Gasteiger partial charge in [0.15, 0.2) is 5.69 Å². The molecule has 0 bridgehead atoms. The van der Waals surface area contributed by atoms with Crippen LogP contribution in [0.5, 0.6) is 0 Å². The molecule has 1 N–H and O–H groups in total. The van der Waals surface area contributed by atoms with Crippen LogP contribution in [0.2, 0.25) is 0 Å². The summed E-state index contributed by atoms with van der Waals surface area (Å²) in [6, 6.07) is 2.66. The van der Waals surface area contributed by atoms with E-state index in [1.165, 1.54) is 28.6 Å². The molecule has 0 unspecified atom stereocenters. The van der Waals surface area contributed by atoms with E-state index in [-0.39, 0.29) is 24.0 Å². The van der Waals surface area contributed by atoms with Gasteiger partial charge >= 0.3 is 11.8 Å². The smallest absolute Gasteiger partial charge is 0.323 e. The second-order valence-corrected chi connectivity index (χ2v) is 4.82. The van der Waals surface area contributed by atoms with Crippen molar-refractivity contribution in [3.63, 3.8) is 0 Å². The molecule has 108 valence electrons. The fourth-order valence-corrected chi connectivity index (χ4v) is 2.42. The number of carboxylic acid groups (broad SMARTS) is 1. The van der Waals surface area contributed by atoms with Crippen LogP contribution in [0.4, 0.5) is 5.82 Å². The molecule has 20 heavy (non-hydrogen) atoms. The van der Waals surface area contributed by atoms with Gasteiger partial charge in [0.1, 0.15) is 0 Å². The Hall–Kier alpha value is -2.38. The molecule has 0 spiro atoms. The summed E-state index contributed by atoms with van der Waals surface area (Å²) in [4.78, 5) is 34.9. The highest BCUT2D eigenvalue weighted by molar-refractivity contribution is 5.93. The maximum Gasteiger partial charge on any atom is 0.323 e. The Balaban J connectivity index is 2.19. The number of rotatable bonds is 3. The quantitative estimate of drug-likeness (QED) is 0.653. The van der Waals surface area contributed by atoms with Crippen molar-refractivity contribution >= 4 is 17.7 Å². The van der Waals surface area contributed by atoms with Crippen molar-refractivity contribution in [2.75, 3.05) is 13.1 Å². The number of hydrogen-bond donors (Lipinski definition) is 1. The minimum Gasteiger partial charge on any atom is -0.481 e. The van der Waals surface area contributed by atoms with Crippen molar-refractivity contribution in [3.8, 4) is 0 Å². The lowest BCUT2D eigenvalue weighted by molar-refractivity contribution is -0.391. The molecule has 0 saturated carbocycles. The summed E-state index contributed by atoms with van der Waals surface area (Å²) in [5.41, 5.74) is 0.197. The highest BCUT2D eigenvalue weighted by Crippen LogP contribution is 2.21. The number of carboxylic acids is 1. The summed E-state index contributed by atoms with van der Waals surface area (Å²) < 4.78 is 1.21. The Kier molecular flexibility index (Phi) is 3.73. The molecule has 1 aliphatic heterocycles. The molecule has 8 heteroatoms. The Morgan fingerprint density at radius 2 is 2.15 bits per heavy atom. The van der Waals surface area contributed by atoms with Gasteiger partial charge in [-0.1, -0.05) is 0 Å². The van der Waals surface area contributed by atoms with E-state index in [0.717, 1.165) is 0 Å². The van der Waals surface area contributed by atoms with Gasteiger partial charge in [-0.2, -0.15) is 0 Å². The highest BCUT2D eigenvalue weighted by atomic mass is 16.6. The zero-order valence-electron chi connectivity index (χ0n) is 11.0. The highest BCUT2D eigenvalue weighted by Gasteiger charge is 2.31. The van der Waals surface area contributed by atoms with E-state index < -0.39 is 16.8 Å². The first-order chi connectivity index (χ1) is 9.41. The van der Waals surface area contributed by atoms with Crippen LogP contribution in [0.3, 0.4) is 0 Å². The molecule has 1 fully saturated rings. The summed E-state index contributed by atoms with van der Waals surface area (Å²) >= 11 is 0. The van der Waals surface area contributed by atoms with Crippen LogP contribution in [0, 0.1) is 16.0 Å². The zero-order chi connectivity index (χ0) is 14.9. The van der Waals surface area contributed by atoms with Gasteiger partial charge < -0.3 is 20.1 Å². The molecule has 0 radical (unpaired) electrons. The van der Waals surface area contributed by atoms with Crippen LogP contribution >= 0.6 is 0 Å². The summed E-state index contributed by atoms with van der Waals surface area (Å²) in [5.74, 6) is -2.02. The van der Waals surface area contributed by atoms with Crippen LogP contribution in [0.1, 0.15) is 23.3 Å². The minimum atomic E-state index is -0.916. The first-order valence-corrected chi connectivity index (χ1v) is 6.24. The molecular formula is C12H15N3O5. The lowest BCUT2D eigenvalue weighted by Crippen LogP contribution is -2.42. The maximum atomic E-state index is 12.3. The Labute approximate surface area is 114 Å². The molecule has 8 nitrogen and oxygen atoms in total. The number of nitrogens with zero attached hydrogens (tertiary/aromatic N) is 3. The summed E-state index contributed by atoms with van der Waals surface area (Å²) in [6.07, 6.45) is 1.17. The molecular weight excluding hydrogens is 266 g/mol. The largest absolute Gasteiger partial charge is 0.481 e. The number of nitro groups is 1. The summed E-state index contributed by atoms with van der Waals surface area (Å²) in [6.45, 7) is 0.620. The van der Waals surface area contributed by atoms with Crippen molar-refractivity contribution in [1.82, 2.24) is 9.47 Å². The average molecular weight is 281 g/mol. The molecule has 1 saturated heterocycles. The van der Waals surface area contributed by atoms with Crippen molar-refractivity contribution in [3.05, 3.63) is 27.9 Å². The fourth-order valence-electron chi connectivity index (χ4n) is 2.42. The first-order valence-electron chi connectivity index (χ1n) is 6.24. The third kappa shape index (κ3) is 2.49. The van der Waals surface area contributed by atoms with E-state index >= 15 is 0 Å². The van der Waals surface area contributed by atoms with Gasteiger partial charge in [-0.25, -0.2) is 4.57 Å². The Bertz CT molecular complexity index is 565. The number of piperidine rings is 1. The molecule has 1 amide bonds. The molecule has 2 rings (SSSR count). The summed E-state index contributed by atoms with van der Waals surface area (Å²) in [5, 5.41) is 19.8. The van der Waals surface area contributed by atoms with E-state index in [9.17, 15) is 19.7 Å². The van der Waals surface area contributed by atoms with Crippen molar-refractivity contribution in [2.45, 2.75) is 12.8 Å². The number of aromatic nitrogens is 1. The molecule has 1 atom stereocenters. The second-order valence-electron chi connectivity index (χ2n) is 4.82. The SMILES string of the molecule is Cn1c(C(=O)N2CCC[C@H](C(=O)O)C2)ccc1[N+](=O)[O-]. The normalized spacial score (nSPS) is 18.9. The van der Waals surface area contributed by atoms with Gasteiger partial charge in [-0.3, -0.25) is 9.59 Å². The summed E-state index contributed by atoms with van der Waals surface area (Å²) in [7, 11) is 1.45. The van der Waals surface area contributed by atoms with Gasteiger partial charge in [0, 0.05) is 19.2 Å². The van der Waals surface area contributed by atoms with Gasteiger partial charge in [0.25, 0.3) is 5.91 Å². The van der Waals surface area contributed by atoms with Crippen LogP contribution in [0.25, 0.3) is 0 Å². The van der Waals surface area contributed by atoms with E-state index in [1.54, 1.807) is 0 Å². The number of likely N-dealkylation sites (tertiary alicyclic amines) is 1. The number of aliphatic carboxylic acids is 1. The minimum absolute atomic E-state index is 0.146. The molecule has 1 aromatic heterocycles. The lowest BCUT2D eigenvalue weighted by Gasteiger charge is -2.30. The molecule has 1 aliphatic rings. The number of carbonyl (C=O) groups excluding carboxylic acids is 1. The zero-order valence-corrected chi connectivity index (χ0v) is 11.0. The van der Waals surface area contributed by atoms with E-state index in [1.807, 2.05) is 0 Å².